The van der Waals surface area contributed by atoms with Crippen LogP contribution >= 0.6 is 11.3 Å². The third-order valence-corrected chi connectivity index (χ3v) is 14.1. The molecule has 0 fully saturated rings. The Bertz CT molecular complexity index is 3910. The molecule has 0 bridgehead atoms. The Labute approximate surface area is 392 Å². The number of benzene rings is 10. The fraction of sp³-hybridized carbons (Fsp3) is 0. The van der Waals surface area contributed by atoms with Gasteiger partial charge in [-0.2, -0.15) is 0 Å². The number of rotatable bonds is 9. The number of hydrogen-bond acceptors (Lipinski definition) is 3. The van der Waals surface area contributed by atoms with E-state index in [1.807, 2.05) is 0 Å². The molecule has 0 N–H and O–H groups in total. The van der Waals surface area contributed by atoms with E-state index in [0.717, 1.165) is 45.5 Å². The van der Waals surface area contributed by atoms with Gasteiger partial charge in [-0.15, -0.1) is 11.3 Å². The first kappa shape index (κ1) is 38.8. The van der Waals surface area contributed by atoms with Crippen LogP contribution < -0.4 is 9.80 Å². The summed E-state index contributed by atoms with van der Waals surface area (Å²) in [6.07, 6.45) is 0. The van der Waals surface area contributed by atoms with Gasteiger partial charge in [0, 0.05) is 66.7 Å². The molecule has 0 radical (unpaired) electrons. The second-order valence-electron chi connectivity index (χ2n) is 17.0. The number of aromatic nitrogens is 2. The first-order chi connectivity index (χ1) is 33.3. The molecule has 67 heavy (non-hydrogen) atoms. The van der Waals surface area contributed by atoms with Crippen LogP contribution in [0.3, 0.4) is 0 Å². The fourth-order valence-electron chi connectivity index (χ4n) is 10.2. The fourth-order valence-corrected chi connectivity index (χ4v) is 11.1. The molecule has 3 aromatic heterocycles. The van der Waals surface area contributed by atoms with E-state index in [1.165, 1.54) is 64.8 Å². The lowest BCUT2D eigenvalue weighted by atomic mass is 10.00. The van der Waals surface area contributed by atoms with Crippen molar-refractivity contribution in [1.29, 1.82) is 0 Å². The minimum Gasteiger partial charge on any atom is -0.310 e. The average molecular weight is 875 g/mol. The molecule has 0 aliphatic rings. The maximum Gasteiger partial charge on any atom is 0.0640 e. The summed E-state index contributed by atoms with van der Waals surface area (Å²) in [5.41, 5.74) is 16.2. The molecule has 0 aliphatic carbocycles. The predicted octanol–water partition coefficient (Wildman–Crippen LogP) is 17.7. The summed E-state index contributed by atoms with van der Waals surface area (Å²) in [5.74, 6) is 0. The van der Waals surface area contributed by atoms with Gasteiger partial charge in [0.25, 0.3) is 0 Å². The number of fused-ring (bicyclic) bond motifs is 7. The molecule has 316 valence electrons. The molecule has 0 atom stereocenters. The van der Waals surface area contributed by atoms with Crippen LogP contribution in [0.4, 0.5) is 34.1 Å². The van der Waals surface area contributed by atoms with Crippen molar-refractivity contribution in [3.63, 3.8) is 0 Å². The summed E-state index contributed by atoms with van der Waals surface area (Å²) < 4.78 is 5.99. The Morgan fingerprint density at radius 1 is 0.299 bits per heavy atom. The number of thiophene rings is 1. The van der Waals surface area contributed by atoms with Crippen molar-refractivity contribution >= 4 is 99.2 Å². The highest BCUT2D eigenvalue weighted by molar-refractivity contribution is 7.18. The Morgan fingerprint density at radius 3 is 1.28 bits per heavy atom. The van der Waals surface area contributed by atoms with Crippen molar-refractivity contribution in [1.82, 2.24) is 9.13 Å². The highest BCUT2D eigenvalue weighted by atomic mass is 32.1. The third-order valence-electron chi connectivity index (χ3n) is 13.2. The molecule has 4 nitrogen and oxygen atoms in total. The Balaban J connectivity index is 0.905. The highest BCUT2D eigenvalue weighted by Gasteiger charge is 2.22. The minimum absolute atomic E-state index is 1.10. The van der Waals surface area contributed by atoms with Crippen molar-refractivity contribution < 1.29 is 0 Å². The quantitative estimate of drug-likeness (QED) is 0.144. The summed E-state index contributed by atoms with van der Waals surface area (Å²) >= 11 is 1.80. The number of para-hydroxylation sites is 6. The molecular formula is C62H42N4S. The van der Waals surface area contributed by atoms with E-state index < -0.39 is 0 Å². The molecule has 0 saturated carbocycles. The molecule has 0 spiro atoms. The normalized spacial score (nSPS) is 11.6. The molecular weight excluding hydrogens is 833 g/mol. The van der Waals surface area contributed by atoms with Crippen molar-refractivity contribution in [2.45, 2.75) is 0 Å². The van der Waals surface area contributed by atoms with Crippen LogP contribution in [0.1, 0.15) is 0 Å². The van der Waals surface area contributed by atoms with Crippen LogP contribution in [0.15, 0.2) is 254 Å². The van der Waals surface area contributed by atoms with E-state index in [1.54, 1.807) is 11.3 Å². The highest BCUT2D eigenvalue weighted by Crippen LogP contribution is 2.47. The van der Waals surface area contributed by atoms with Gasteiger partial charge in [-0.3, -0.25) is 0 Å². The number of hydrogen-bond donors (Lipinski definition) is 0. The van der Waals surface area contributed by atoms with Crippen LogP contribution in [0.25, 0.3) is 76.2 Å². The van der Waals surface area contributed by atoms with Gasteiger partial charge in [-0.05, 0) is 138 Å². The van der Waals surface area contributed by atoms with Gasteiger partial charge >= 0.3 is 0 Å². The molecule has 3 heterocycles. The summed E-state index contributed by atoms with van der Waals surface area (Å²) in [6.45, 7) is 0. The topological polar surface area (TPSA) is 16.3 Å². The van der Waals surface area contributed by atoms with Crippen LogP contribution in [-0.2, 0) is 0 Å². The van der Waals surface area contributed by atoms with Gasteiger partial charge in [-0.25, -0.2) is 0 Å². The lowest BCUT2D eigenvalue weighted by Crippen LogP contribution is -2.10. The lowest BCUT2D eigenvalue weighted by molar-refractivity contribution is 1.18. The van der Waals surface area contributed by atoms with E-state index in [-0.39, 0.29) is 0 Å². The van der Waals surface area contributed by atoms with E-state index in [0.29, 0.717) is 0 Å². The van der Waals surface area contributed by atoms with Gasteiger partial charge in [0.2, 0.25) is 0 Å². The summed E-state index contributed by atoms with van der Waals surface area (Å²) in [4.78, 5) is 4.79. The monoisotopic (exact) mass is 874 g/mol. The Kier molecular flexibility index (Phi) is 9.32. The van der Waals surface area contributed by atoms with E-state index in [2.05, 4.69) is 273 Å². The van der Waals surface area contributed by atoms with Crippen molar-refractivity contribution in [2.24, 2.45) is 0 Å². The first-order valence-electron chi connectivity index (χ1n) is 22.8. The van der Waals surface area contributed by atoms with Crippen LogP contribution in [0.5, 0.6) is 0 Å². The maximum absolute atomic E-state index is 2.42. The summed E-state index contributed by atoms with van der Waals surface area (Å²) in [5, 5.41) is 8.38. The minimum atomic E-state index is 1.10. The summed E-state index contributed by atoms with van der Waals surface area (Å²) in [7, 11) is 0. The summed E-state index contributed by atoms with van der Waals surface area (Å²) in [6, 6.07) is 90.1. The molecule has 0 aliphatic heterocycles. The van der Waals surface area contributed by atoms with Crippen molar-refractivity contribution in [3.8, 4) is 22.5 Å². The zero-order chi connectivity index (χ0) is 44.3. The Morgan fingerprint density at radius 2 is 0.731 bits per heavy atom. The standard InChI is InChI=1S/C62H42N4S/c1-5-17-44(18-6-1)63(49-33-36-59-55(41-49)52-25-13-15-27-57(52)65(59)46-21-9-3-10-22-46)48-31-29-43(30-32-48)51-35-38-61(62-54(51)39-40-67-62)64(45-19-7-2-8-20-45)50-34-37-60-56(42-50)53-26-14-16-28-58(53)66(60)47-23-11-4-12-24-47/h1-42H. The van der Waals surface area contributed by atoms with Gasteiger partial charge in [0.15, 0.2) is 0 Å². The predicted molar refractivity (Wildman–Crippen MR) is 285 cm³/mol. The van der Waals surface area contributed by atoms with Crippen LogP contribution in [-0.4, -0.2) is 9.13 Å². The van der Waals surface area contributed by atoms with Gasteiger partial charge < -0.3 is 18.9 Å². The zero-order valence-electron chi connectivity index (χ0n) is 36.4. The molecule has 5 heteroatoms. The molecule has 13 aromatic rings. The van der Waals surface area contributed by atoms with Gasteiger partial charge in [0.1, 0.15) is 0 Å². The number of nitrogens with zero attached hydrogens (tertiary/aromatic N) is 4. The van der Waals surface area contributed by atoms with Gasteiger partial charge in [-0.1, -0.05) is 127 Å². The lowest BCUT2D eigenvalue weighted by Gasteiger charge is -2.27. The SMILES string of the molecule is c1ccc(N(c2ccc(-c3ccc(N(c4ccccc4)c4ccc5c(c4)c4ccccc4n5-c4ccccc4)c4sccc34)cc2)c2ccc3c(c2)c2ccccc2n3-c2ccccc2)cc1. The van der Waals surface area contributed by atoms with Gasteiger partial charge in [0.05, 0.1) is 32.5 Å². The zero-order valence-corrected chi connectivity index (χ0v) is 37.3. The molecule has 0 unspecified atom stereocenters. The molecule has 0 amide bonds. The average Bonchev–Trinajstić information content (AvgIpc) is 4.12. The van der Waals surface area contributed by atoms with E-state index in [9.17, 15) is 0 Å². The van der Waals surface area contributed by atoms with Crippen LogP contribution in [0.2, 0.25) is 0 Å². The van der Waals surface area contributed by atoms with E-state index >= 15 is 0 Å². The Hall–Kier alpha value is -8.64. The maximum atomic E-state index is 2.42. The molecule has 10 aromatic carbocycles. The largest absolute Gasteiger partial charge is 0.310 e. The smallest absolute Gasteiger partial charge is 0.0640 e. The van der Waals surface area contributed by atoms with E-state index in [4.69, 9.17) is 0 Å². The number of anilines is 6. The van der Waals surface area contributed by atoms with Crippen molar-refractivity contribution in [3.05, 3.63) is 254 Å². The first-order valence-corrected chi connectivity index (χ1v) is 23.6. The van der Waals surface area contributed by atoms with Crippen LogP contribution in [0, 0.1) is 0 Å². The second-order valence-corrected chi connectivity index (χ2v) is 17.9. The molecule has 13 rings (SSSR count). The second kappa shape index (κ2) is 16.1. The third kappa shape index (κ3) is 6.51. The van der Waals surface area contributed by atoms with Crippen molar-refractivity contribution in [2.75, 3.05) is 9.80 Å². The molecule has 0 saturated heterocycles.